The van der Waals surface area contributed by atoms with Crippen molar-refractivity contribution in [1.82, 2.24) is 0 Å². The molecular formula is C26H39ClO3. The van der Waals surface area contributed by atoms with Gasteiger partial charge in [0.25, 0.3) is 0 Å². The Morgan fingerprint density at radius 2 is 1.70 bits per heavy atom. The molecule has 0 aliphatic heterocycles. The van der Waals surface area contributed by atoms with Crippen molar-refractivity contribution in [3.05, 3.63) is 30.3 Å². The summed E-state index contributed by atoms with van der Waals surface area (Å²) in [5.74, 6) is 2.51. The van der Waals surface area contributed by atoms with Crippen molar-refractivity contribution in [2.45, 2.75) is 90.0 Å². The second kappa shape index (κ2) is 13.6. The summed E-state index contributed by atoms with van der Waals surface area (Å²) in [5, 5.41) is 2.43. The minimum absolute atomic E-state index is 0.274. The molecule has 30 heavy (non-hydrogen) atoms. The Labute approximate surface area is 188 Å². The molecule has 2 aromatic rings. The van der Waals surface area contributed by atoms with E-state index >= 15 is 0 Å². The zero-order valence-corrected chi connectivity index (χ0v) is 20.0. The molecule has 168 valence electrons. The van der Waals surface area contributed by atoms with Crippen LogP contribution in [0.3, 0.4) is 0 Å². The fourth-order valence-corrected chi connectivity index (χ4v) is 3.83. The van der Waals surface area contributed by atoms with Crippen LogP contribution in [0.25, 0.3) is 10.8 Å². The number of rotatable bonds is 15. The fraction of sp³-hybridized carbons (Fsp3) is 0.615. The number of hydrogen-bond donors (Lipinski definition) is 0. The molecule has 0 aliphatic rings. The molecule has 2 unspecified atom stereocenters. The van der Waals surface area contributed by atoms with Crippen molar-refractivity contribution in [3.63, 3.8) is 0 Å². The van der Waals surface area contributed by atoms with Gasteiger partial charge in [-0.25, -0.2) is 0 Å². The van der Waals surface area contributed by atoms with Gasteiger partial charge >= 0.3 is 0 Å². The lowest BCUT2D eigenvalue weighted by Gasteiger charge is -2.18. The van der Waals surface area contributed by atoms with Crippen molar-refractivity contribution in [1.29, 1.82) is 0 Å². The molecule has 0 saturated heterocycles. The smallest absolute Gasteiger partial charge is 0.168 e. The molecule has 2 atom stereocenters. The number of unbranched alkanes of at least 4 members (excludes halogenated alkanes) is 3. The highest BCUT2D eigenvalue weighted by atomic mass is 35.5. The Morgan fingerprint density at radius 3 is 2.40 bits per heavy atom. The third-order valence-electron chi connectivity index (χ3n) is 5.61. The van der Waals surface area contributed by atoms with E-state index in [0.717, 1.165) is 66.5 Å². The maximum Gasteiger partial charge on any atom is 0.168 e. The van der Waals surface area contributed by atoms with Gasteiger partial charge in [-0.2, -0.15) is 0 Å². The van der Waals surface area contributed by atoms with Crippen molar-refractivity contribution >= 4 is 22.4 Å². The number of alkyl halides is 1. The normalized spacial score (nSPS) is 13.2. The van der Waals surface area contributed by atoms with Gasteiger partial charge in [0.2, 0.25) is 0 Å². The number of methoxy groups -OCH3 is 1. The van der Waals surface area contributed by atoms with E-state index in [1.807, 2.05) is 12.1 Å². The minimum atomic E-state index is 0.274. The Hall–Kier alpha value is -1.61. The van der Waals surface area contributed by atoms with E-state index in [4.69, 9.17) is 25.8 Å². The zero-order chi connectivity index (χ0) is 21.8. The second-order valence-corrected chi connectivity index (χ2v) is 8.59. The summed E-state index contributed by atoms with van der Waals surface area (Å²) < 4.78 is 18.0. The van der Waals surface area contributed by atoms with Gasteiger partial charge in [0.15, 0.2) is 11.5 Å². The van der Waals surface area contributed by atoms with Gasteiger partial charge in [-0.05, 0) is 74.6 Å². The maximum atomic E-state index is 6.26. The Balaban J connectivity index is 2.02. The van der Waals surface area contributed by atoms with Crippen molar-refractivity contribution in [3.8, 4) is 17.2 Å². The lowest BCUT2D eigenvalue weighted by molar-refractivity contribution is 0.183. The SMILES string of the molecule is CCCCCC(CC)Oc1ccc2c(OC)c(OCCCCC(Cl)CC)ccc2c1. The van der Waals surface area contributed by atoms with Gasteiger partial charge in [-0.15, -0.1) is 11.6 Å². The molecule has 0 bridgehead atoms. The van der Waals surface area contributed by atoms with Crippen LogP contribution in [0, 0.1) is 0 Å². The Morgan fingerprint density at radius 1 is 0.900 bits per heavy atom. The molecule has 4 heteroatoms. The highest BCUT2D eigenvalue weighted by Crippen LogP contribution is 2.37. The summed E-state index contributed by atoms with van der Waals surface area (Å²) in [7, 11) is 1.70. The van der Waals surface area contributed by atoms with Crippen LogP contribution in [0.2, 0.25) is 0 Å². The van der Waals surface area contributed by atoms with Crippen LogP contribution in [-0.2, 0) is 0 Å². The van der Waals surface area contributed by atoms with Crippen LogP contribution in [0.5, 0.6) is 17.2 Å². The standard InChI is InChI=1S/C26H39ClO3/c1-5-8-9-13-22(7-3)30-23-15-16-24-20(19-23)14-17-25(26(24)28-4)29-18-11-10-12-21(27)6-2/h14-17,19,21-22H,5-13,18H2,1-4H3. The molecule has 0 aliphatic carbocycles. The number of benzene rings is 2. The van der Waals surface area contributed by atoms with Gasteiger partial charge < -0.3 is 14.2 Å². The Bertz CT molecular complexity index is 746. The molecule has 0 saturated carbocycles. The number of halogens is 1. The quantitative estimate of drug-likeness (QED) is 0.209. The third-order valence-corrected chi connectivity index (χ3v) is 6.14. The molecular weight excluding hydrogens is 396 g/mol. The molecule has 0 fully saturated rings. The Kier molecular flexibility index (Phi) is 11.2. The van der Waals surface area contributed by atoms with Gasteiger partial charge in [0.05, 0.1) is 19.8 Å². The van der Waals surface area contributed by atoms with E-state index in [1.165, 1.54) is 19.3 Å². The molecule has 0 spiro atoms. The van der Waals surface area contributed by atoms with Crippen molar-refractivity contribution in [2.75, 3.05) is 13.7 Å². The molecule has 2 rings (SSSR count). The van der Waals surface area contributed by atoms with Crippen molar-refractivity contribution < 1.29 is 14.2 Å². The summed E-state index contributed by atoms with van der Waals surface area (Å²) in [5.41, 5.74) is 0. The van der Waals surface area contributed by atoms with Crippen LogP contribution in [0.15, 0.2) is 30.3 Å². The topological polar surface area (TPSA) is 27.7 Å². The first kappa shape index (κ1) is 24.7. The molecule has 0 amide bonds. The largest absolute Gasteiger partial charge is 0.492 e. The third kappa shape index (κ3) is 7.58. The van der Waals surface area contributed by atoms with Crippen LogP contribution in [0.1, 0.15) is 78.6 Å². The van der Waals surface area contributed by atoms with Crippen LogP contribution in [-0.4, -0.2) is 25.2 Å². The van der Waals surface area contributed by atoms with E-state index in [0.29, 0.717) is 6.61 Å². The van der Waals surface area contributed by atoms with Gasteiger partial charge in [-0.1, -0.05) is 39.7 Å². The highest BCUT2D eigenvalue weighted by molar-refractivity contribution is 6.20. The lowest BCUT2D eigenvalue weighted by Crippen LogP contribution is -2.15. The summed E-state index contributed by atoms with van der Waals surface area (Å²) in [6.45, 7) is 7.23. The second-order valence-electron chi connectivity index (χ2n) is 7.97. The maximum absolute atomic E-state index is 6.26. The molecule has 0 N–H and O–H groups in total. The van der Waals surface area contributed by atoms with E-state index in [1.54, 1.807) is 7.11 Å². The predicted octanol–water partition coefficient (Wildman–Crippen LogP) is 8.15. The summed E-state index contributed by atoms with van der Waals surface area (Å²) in [6.07, 6.45) is 10.3. The van der Waals surface area contributed by atoms with Crippen LogP contribution < -0.4 is 14.2 Å². The minimum Gasteiger partial charge on any atom is -0.492 e. The number of ether oxygens (including phenoxy) is 3. The number of hydrogen-bond acceptors (Lipinski definition) is 3. The lowest BCUT2D eigenvalue weighted by atomic mass is 10.1. The average Bonchev–Trinajstić information content (AvgIpc) is 2.77. The first-order valence-electron chi connectivity index (χ1n) is 11.7. The number of fused-ring (bicyclic) bond motifs is 1. The predicted molar refractivity (Wildman–Crippen MR) is 129 cm³/mol. The molecule has 0 radical (unpaired) electrons. The van der Waals surface area contributed by atoms with Gasteiger partial charge in [0.1, 0.15) is 5.75 Å². The zero-order valence-electron chi connectivity index (χ0n) is 19.2. The summed E-state index contributed by atoms with van der Waals surface area (Å²) in [4.78, 5) is 0. The monoisotopic (exact) mass is 434 g/mol. The molecule has 0 heterocycles. The first-order chi connectivity index (χ1) is 14.6. The highest BCUT2D eigenvalue weighted by Gasteiger charge is 2.13. The average molecular weight is 435 g/mol. The molecule has 2 aromatic carbocycles. The van der Waals surface area contributed by atoms with Gasteiger partial charge in [-0.3, -0.25) is 0 Å². The molecule has 0 aromatic heterocycles. The van der Waals surface area contributed by atoms with E-state index in [2.05, 4.69) is 39.0 Å². The van der Waals surface area contributed by atoms with E-state index in [-0.39, 0.29) is 11.5 Å². The summed E-state index contributed by atoms with van der Waals surface area (Å²) >= 11 is 6.19. The van der Waals surface area contributed by atoms with E-state index in [9.17, 15) is 0 Å². The van der Waals surface area contributed by atoms with Crippen molar-refractivity contribution in [2.24, 2.45) is 0 Å². The van der Waals surface area contributed by atoms with Crippen LogP contribution >= 0.6 is 11.6 Å². The van der Waals surface area contributed by atoms with Crippen LogP contribution in [0.4, 0.5) is 0 Å². The summed E-state index contributed by atoms with van der Waals surface area (Å²) in [6, 6.07) is 10.3. The van der Waals surface area contributed by atoms with E-state index < -0.39 is 0 Å². The molecule has 3 nitrogen and oxygen atoms in total. The first-order valence-corrected chi connectivity index (χ1v) is 12.1. The van der Waals surface area contributed by atoms with Gasteiger partial charge in [0, 0.05) is 10.8 Å². The fourth-order valence-electron chi connectivity index (χ4n) is 3.67.